The summed E-state index contributed by atoms with van der Waals surface area (Å²) in [5.41, 5.74) is 0. The molecule has 0 aromatic heterocycles. The van der Waals surface area contributed by atoms with Gasteiger partial charge in [-0.25, -0.2) is 0 Å². The van der Waals surface area contributed by atoms with Crippen LogP contribution in [0.3, 0.4) is 0 Å². The molecule has 26 heavy (non-hydrogen) atoms. The molecule has 0 aliphatic rings. The molecule has 0 aliphatic carbocycles. The maximum absolute atomic E-state index is 11.5. The van der Waals surface area contributed by atoms with Crippen molar-refractivity contribution in [2.45, 2.75) is 58.8 Å². The molecule has 0 bridgehead atoms. The Hall–Kier alpha value is -1.18. The minimum atomic E-state index is -0.251. The third-order valence-electron chi connectivity index (χ3n) is 3.48. The first kappa shape index (κ1) is 24.8. The van der Waals surface area contributed by atoms with E-state index in [9.17, 15) is 9.59 Å². The van der Waals surface area contributed by atoms with E-state index >= 15 is 0 Å². The molecule has 154 valence electrons. The smallest absolute Gasteiger partial charge is 0.308 e. The zero-order valence-electron chi connectivity index (χ0n) is 16.5. The van der Waals surface area contributed by atoms with Crippen LogP contribution in [0, 0.1) is 0 Å². The van der Waals surface area contributed by atoms with Gasteiger partial charge in [0.25, 0.3) is 0 Å². The molecule has 7 nitrogen and oxygen atoms in total. The molecule has 0 radical (unpaired) electrons. The molecule has 0 aromatic rings. The summed E-state index contributed by atoms with van der Waals surface area (Å²) in [6, 6.07) is 0. The number of esters is 2. The molecule has 0 aromatic carbocycles. The molecule has 7 heteroatoms. The second-order valence-electron chi connectivity index (χ2n) is 5.78. The molecule has 0 amide bonds. The van der Waals surface area contributed by atoms with Crippen LogP contribution in [-0.2, 0) is 33.3 Å². The van der Waals surface area contributed by atoms with Crippen molar-refractivity contribution in [3.8, 4) is 0 Å². The Morgan fingerprint density at radius 1 is 0.577 bits per heavy atom. The van der Waals surface area contributed by atoms with Crippen LogP contribution in [0.5, 0.6) is 0 Å². The van der Waals surface area contributed by atoms with Gasteiger partial charge in [0.1, 0.15) is 6.61 Å². The summed E-state index contributed by atoms with van der Waals surface area (Å²) >= 11 is 0. The van der Waals surface area contributed by atoms with Crippen LogP contribution in [0.4, 0.5) is 0 Å². The summed E-state index contributed by atoms with van der Waals surface area (Å²) in [7, 11) is 0. The van der Waals surface area contributed by atoms with E-state index in [1.807, 2.05) is 0 Å². The van der Waals surface area contributed by atoms with Crippen LogP contribution in [0.1, 0.15) is 58.8 Å². The van der Waals surface area contributed by atoms with Crippen LogP contribution >= 0.6 is 0 Å². The summed E-state index contributed by atoms with van der Waals surface area (Å²) in [6.45, 7) is 7.09. The Morgan fingerprint density at radius 3 is 1.73 bits per heavy atom. The fourth-order valence-electron chi connectivity index (χ4n) is 2.09. The van der Waals surface area contributed by atoms with Gasteiger partial charge in [0, 0.05) is 6.42 Å². The number of rotatable bonds is 19. The van der Waals surface area contributed by atoms with E-state index in [1.165, 1.54) is 19.3 Å². The molecular weight excluding hydrogens is 340 g/mol. The quantitative estimate of drug-likeness (QED) is 0.253. The molecule has 0 fully saturated rings. The summed E-state index contributed by atoms with van der Waals surface area (Å²) in [6.07, 6.45) is 6.35. The van der Waals surface area contributed by atoms with Gasteiger partial charge < -0.3 is 23.7 Å². The highest BCUT2D eigenvalue weighted by molar-refractivity contribution is 5.69. The second-order valence-corrected chi connectivity index (χ2v) is 5.78. The van der Waals surface area contributed by atoms with Gasteiger partial charge >= 0.3 is 11.9 Å². The minimum absolute atomic E-state index is 0.152. The summed E-state index contributed by atoms with van der Waals surface area (Å²) in [5, 5.41) is 0. The lowest BCUT2D eigenvalue weighted by Crippen LogP contribution is -2.14. The first-order chi connectivity index (χ1) is 12.7. The monoisotopic (exact) mass is 376 g/mol. The zero-order valence-corrected chi connectivity index (χ0v) is 16.5. The van der Waals surface area contributed by atoms with Crippen molar-refractivity contribution in [1.82, 2.24) is 0 Å². The van der Waals surface area contributed by atoms with Crippen molar-refractivity contribution in [2.24, 2.45) is 0 Å². The predicted octanol–water partition coefficient (Wildman–Crippen LogP) is 2.89. The number of hydrogen-bond donors (Lipinski definition) is 0. The molecule has 0 unspecified atom stereocenters. The standard InChI is InChI=1S/C19H36O7/c1-3-5-6-7-8-9-18(20)26-17-16-24-15-14-23-13-12-22-11-10-19(21)25-4-2/h3-17H2,1-2H3. The number of unbranched alkanes of at least 4 members (excludes halogenated alkanes) is 4. The molecule has 0 aliphatic heterocycles. The molecule has 0 heterocycles. The number of carbonyl (C=O) groups excluding carboxylic acids is 2. The number of ether oxygens (including phenoxy) is 5. The van der Waals surface area contributed by atoms with E-state index < -0.39 is 0 Å². The SMILES string of the molecule is CCCCCCCC(=O)OCCOCCOCCOCCC(=O)OCC. The van der Waals surface area contributed by atoms with Gasteiger partial charge in [0.15, 0.2) is 0 Å². The Balaban J connectivity index is 3.17. The molecule has 0 atom stereocenters. The van der Waals surface area contributed by atoms with E-state index in [0.717, 1.165) is 12.8 Å². The van der Waals surface area contributed by atoms with Crippen LogP contribution in [0.2, 0.25) is 0 Å². The average Bonchev–Trinajstić information content (AvgIpc) is 2.62. The summed E-state index contributed by atoms with van der Waals surface area (Å²) in [4.78, 5) is 22.5. The third kappa shape index (κ3) is 19.1. The Kier molecular flexibility index (Phi) is 19.2. The van der Waals surface area contributed by atoms with Gasteiger partial charge in [0.05, 0.1) is 52.7 Å². The van der Waals surface area contributed by atoms with Crippen LogP contribution < -0.4 is 0 Å². The zero-order chi connectivity index (χ0) is 19.3. The highest BCUT2D eigenvalue weighted by atomic mass is 16.6. The number of hydrogen-bond acceptors (Lipinski definition) is 7. The molecule has 0 saturated heterocycles. The first-order valence-electron chi connectivity index (χ1n) is 9.75. The molecule has 0 N–H and O–H groups in total. The van der Waals surface area contributed by atoms with Crippen molar-refractivity contribution in [1.29, 1.82) is 0 Å². The van der Waals surface area contributed by atoms with Crippen LogP contribution in [0.25, 0.3) is 0 Å². The Labute approximate surface area is 157 Å². The van der Waals surface area contributed by atoms with Gasteiger partial charge in [0.2, 0.25) is 0 Å². The number of carbonyl (C=O) groups is 2. The average molecular weight is 376 g/mol. The van der Waals surface area contributed by atoms with Crippen molar-refractivity contribution in [2.75, 3.05) is 52.9 Å². The Bertz CT molecular complexity index is 334. The van der Waals surface area contributed by atoms with Gasteiger partial charge in [-0.1, -0.05) is 32.6 Å². The maximum atomic E-state index is 11.5. The lowest BCUT2D eigenvalue weighted by atomic mass is 10.1. The fraction of sp³-hybridized carbons (Fsp3) is 0.895. The predicted molar refractivity (Wildman–Crippen MR) is 98.0 cm³/mol. The van der Waals surface area contributed by atoms with E-state index in [-0.39, 0.29) is 25.0 Å². The minimum Gasteiger partial charge on any atom is -0.466 e. The Morgan fingerprint density at radius 2 is 1.12 bits per heavy atom. The molecule has 0 saturated carbocycles. The topological polar surface area (TPSA) is 80.3 Å². The first-order valence-corrected chi connectivity index (χ1v) is 9.75. The third-order valence-corrected chi connectivity index (χ3v) is 3.48. The van der Waals surface area contributed by atoms with E-state index in [1.54, 1.807) is 6.92 Å². The van der Waals surface area contributed by atoms with Crippen molar-refractivity contribution >= 4 is 11.9 Å². The summed E-state index contributed by atoms with van der Waals surface area (Å²) < 4.78 is 25.8. The molecule has 0 spiro atoms. The van der Waals surface area contributed by atoms with Gasteiger partial charge in [-0.2, -0.15) is 0 Å². The highest BCUT2D eigenvalue weighted by Crippen LogP contribution is 2.05. The van der Waals surface area contributed by atoms with Gasteiger partial charge in [-0.3, -0.25) is 9.59 Å². The molecular formula is C19H36O7. The van der Waals surface area contributed by atoms with Gasteiger partial charge in [-0.15, -0.1) is 0 Å². The van der Waals surface area contributed by atoms with Crippen molar-refractivity contribution in [3.05, 3.63) is 0 Å². The van der Waals surface area contributed by atoms with Gasteiger partial charge in [-0.05, 0) is 13.3 Å². The fourth-order valence-corrected chi connectivity index (χ4v) is 2.09. The van der Waals surface area contributed by atoms with Crippen LogP contribution in [-0.4, -0.2) is 64.8 Å². The van der Waals surface area contributed by atoms with Crippen molar-refractivity contribution in [3.63, 3.8) is 0 Å². The largest absolute Gasteiger partial charge is 0.466 e. The molecule has 0 rings (SSSR count). The van der Waals surface area contributed by atoms with Crippen molar-refractivity contribution < 1.29 is 33.3 Å². The van der Waals surface area contributed by atoms with Crippen LogP contribution in [0.15, 0.2) is 0 Å². The lowest BCUT2D eigenvalue weighted by Gasteiger charge is -2.07. The lowest BCUT2D eigenvalue weighted by molar-refractivity contribution is -0.146. The second kappa shape index (κ2) is 20.1. The normalized spacial score (nSPS) is 10.7. The highest BCUT2D eigenvalue weighted by Gasteiger charge is 2.02. The summed E-state index contributed by atoms with van der Waals surface area (Å²) in [5.74, 6) is -0.402. The van der Waals surface area contributed by atoms with E-state index in [2.05, 4.69) is 6.92 Å². The van der Waals surface area contributed by atoms with E-state index in [4.69, 9.17) is 23.7 Å². The maximum Gasteiger partial charge on any atom is 0.308 e. The van der Waals surface area contributed by atoms with E-state index in [0.29, 0.717) is 52.7 Å².